The first-order valence-corrected chi connectivity index (χ1v) is 10.1. The van der Waals surface area contributed by atoms with E-state index >= 15 is 0 Å². The first-order chi connectivity index (χ1) is 15.0. The summed E-state index contributed by atoms with van der Waals surface area (Å²) in [5, 5.41) is 10.4. The van der Waals surface area contributed by atoms with Crippen LogP contribution in [0.25, 0.3) is 22.2 Å². The van der Waals surface area contributed by atoms with Gasteiger partial charge in [-0.25, -0.2) is 4.98 Å². The smallest absolute Gasteiger partial charge is 0.323 e. The highest BCUT2D eigenvalue weighted by Crippen LogP contribution is 2.32. The fourth-order valence-corrected chi connectivity index (χ4v) is 3.66. The zero-order valence-corrected chi connectivity index (χ0v) is 17.7. The van der Waals surface area contributed by atoms with E-state index in [1.165, 1.54) is 0 Å². The van der Waals surface area contributed by atoms with E-state index < -0.39 is 5.97 Å². The van der Waals surface area contributed by atoms with E-state index in [0.29, 0.717) is 23.0 Å². The van der Waals surface area contributed by atoms with E-state index in [-0.39, 0.29) is 6.54 Å². The number of rotatable bonds is 8. The molecule has 31 heavy (non-hydrogen) atoms. The Hall–Kier alpha value is -3.51. The Morgan fingerprint density at radius 2 is 2.03 bits per heavy atom. The molecule has 0 aliphatic rings. The first kappa shape index (κ1) is 20.8. The highest BCUT2D eigenvalue weighted by Gasteiger charge is 2.09. The van der Waals surface area contributed by atoms with Crippen molar-refractivity contribution in [1.82, 2.24) is 9.55 Å². The number of halogens is 1. The third-order valence-corrected chi connectivity index (χ3v) is 5.18. The average molecular weight is 437 g/mol. The number of hydrogen-bond acceptors (Lipinski definition) is 4. The Kier molecular flexibility index (Phi) is 6.09. The minimum Gasteiger partial charge on any atom is -0.496 e. The van der Waals surface area contributed by atoms with Gasteiger partial charge in [-0.15, -0.1) is 0 Å². The number of pyridine rings is 1. The van der Waals surface area contributed by atoms with Crippen LogP contribution in [-0.2, 0) is 17.8 Å². The van der Waals surface area contributed by atoms with E-state index in [0.717, 1.165) is 34.2 Å². The van der Waals surface area contributed by atoms with Gasteiger partial charge >= 0.3 is 5.97 Å². The normalized spacial score (nSPS) is 10.9. The van der Waals surface area contributed by atoms with Gasteiger partial charge in [0.25, 0.3) is 0 Å². The van der Waals surface area contributed by atoms with Gasteiger partial charge in [-0.05, 0) is 41.5 Å². The summed E-state index contributed by atoms with van der Waals surface area (Å²) in [5.41, 5.74) is 3.79. The zero-order valence-electron chi connectivity index (χ0n) is 16.9. The van der Waals surface area contributed by atoms with E-state index in [1.807, 2.05) is 36.4 Å². The van der Waals surface area contributed by atoms with Gasteiger partial charge in [0.1, 0.15) is 23.7 Å². The maximum Gasteiger partial charge on any atom is 0.323 e. The van der Waals surface area contributed by atoms with E-state index in [1.54, 1.807) is 30.1 Å². The van der Waals surface area contributed by atoms with Crippen LogP contribution in [-0.4, -0.2) is 34.3 Å². The molecule has 1 N–H and O–H groups in total. The van der Waals surface area contributed by atoms with Crippen LogP contribution in [0.1, 0.15) is 5.56 Å². The summed E-state index contributed by atoms with van der Waals surface area (Å²) < 4.78 is 12.9. The fourth-order valence-electron chi connectivity index (χ4n) is 3.49. The lowest BCUT2D eigenvalue weighted by molar-refractivity contribution is -0.137. The van der Waals surface area contributed by atoms with Crippen molar-refractivity contribution in [2.24, 2.45) is 0 Å². The van der Waals surface area contributed by atoms with Crippen LogP contribution in [0.15, 0.2) is 67.0 Å². The second kappa shape index (κ2) is 9.10. The van der Waals surface area contributed by atoms with Gasteiger partial charge in [-0.2, -0.15) is 0 Å². The second-order valence-electron chi connectivity index (χ2n) is 7.06. The summed E-state index contributed by atoms with van der Waals surface area (Å²) in [5.74, 6) is 0.476. The van der Waals surface area contributed by atoms with Crippen LogP contribution in [0, 0.1) is 0 Å². The molecule has 0 unspecified atom stereocenters. The van der Waals surface area contributed by atoms with Crippen molar-refractivity contribution in [2.45, 2.75) is 13.0 Å². The molecule has 4 rings (SSSR count). The van der Waals surface area contributed by atoms with Crippen LogP contribution in [0.4, 0.5) is 0 Å². The van der Waals surface area contributed by atoms with Crippen LogP contribution in [0.3, 0.4) is 0 Å². The number of carboxylic acid groups (broad SMARTS) is 1. The predicted octanol–water partition coefficient (Wildman–Crippen LogP) is 5.07. The summed E-state index contributed by atoms with van der Waals surface area (Å²) >= 11 is 6.07. The summed E-state index contributed by atoms with van der Waals surface area (Å²) in [7, 11) is 1.63. The van der Waals surface area contributed by atoms with Gasteiger partial charge in [-0.3, -0.25) is 4.79 Å². The Balaban J connectivity index is 1.43. The average Bonchev–Trinajstić information content (AvgIpc) is 3.15. The molecular formula is C24H21ClN2O4. The molecular weight excluding hydrogens is 416 g/mol. The quantitative estimate of drug-likeness (QED) is 0.417. The number of benzene rings is 2. The second-order valence-corrected chi connectivity index (χ2v) is 7.50. The molecule has 7 heteroatoms. The maximum atomic E-state index is 10.9. The summed E-state index contributed by atoms with van der Waals surface area (Å²) in [4.78, 5) is 15.3. The molecule has 0 radical (unpaired) electrons. The predicted molar refractivity (Wildman–Crippen MR) is 120 cm³/mol. The molecule has 0 saturated carbocycles. The molecule has 0 saturated heterocycles. The molecule has 0 amide bonds. The Morgan fingerprint density at radius 1 is 1.16 bits per heavy atom. The number of hydrogen-bond donors (Lipinski definition) is 1. The van der Waals surface area contributed by atoms with Gasteiger partial charge in [0, 0.05) is 28.6 Å². The Bertz CT molecular complexity index is 1240. The molecule has 0 fully saturated rings. The molecule has 0 aliphatic carbocycles. The molecule has 0 aliphatic heterocycles. The van der Waals surface area contributed by atoms with Crippen LogP contribution < -0.4 is 9.47 Å². The molecule has 2 aromatic heterocycles. The van der Waals surface area contributed by atoms with Crippen molar-refractivity contribution in [3.63, 3.8) is 0 Å². The zero-order chi connectivity index (χ0) is 21.8. The molecule has 0 bridgehead atoms. The number of aliphatic carboxylic acids is 1. The fraction of sp³-hybridized carbons (Fsp3) is 0.167. The number of carboxylic acids is 1. The molecule has 0 atom stereocenters. The van der Waals surface area contributed by atoms with E-state index in [2.05, 4.69) is 17.1 Å². The Morgan fingerprint density at radius 3 is 2.84 bits per heavy atom. The Labute approximate surface area is 184 Å². The lowest BCUT2D eigenvalue weighted by Crippen LogP contribution is -2.08. The lowest BCUT2D eigenvalue weighted by atomic mass is 10.0. The number of fused-ring (bicyclic) bond motifs is 1. The third-order valence-electron chi connectivity index (χ3n) is 4.94. The molecule has 158 valence electrons. The van der Waals surface area contributed by atoms with Crippen LogP contribution in [0.5, 0.6) is 11.5 Å². The molecule has 2 heterocycles. The van der Waals surface area contributed by atoms with Crippen molar-refractivity contribution in [3.8, 4) is 22.6 Å². The topological polar surface area (TPSA) is 73.6 Å². The first-order valence-electron chi connectivity index (χ1n) is 9.76. The highest BCUT2D eigenvalue weighted by atomic mass is 35.5. The minimum atomic E-state index is -0.905. The number of nitrogens with zero attached hydrogens (tertiary/aromatic N) is 2. The summed E-state index contributed by atoms with van der Waals surface area (Å²) in [6.45, 7) is 0.371. The molecule has 0 spiro atoms. The van der Waals surface area contributed by atoms with Crippen molar-refractivity contribution >= 4 is 28.6 Å². The number of aromatic nitrogens is 2. The SMILES string of the molecule is COc1cc(Cl)ccc1-c1cccc(CCOc2cnc3c(ccn3CC(=O)O)c2)c1. The van der Waals surface area contributed by atoms with Gasteiger partial charge < -0.3 is 19.1 Å². The minimum absolute atomic E-state index is 0.120. The number of methoxy groups -OCH3 is 1. The van der Waals surface area contributed by atoms with Gasteiger partial charge in [0.05, 0.1) is 19.9 Å². The third kappa shape index (κ3) is 4.81. The number of carbonyl (C=O) groups is 1. The lowest BCUT2D eigenvalue weighted by Gasteiger charge is -2.11. The summed E-state index contributed by atoms with van der Waals surface area (Å²) in [6.07, 6.45) is 4.06. The van der Waals surface area contributed by atoms with Crippen molar-refractivity contribution in [1.29, 1.82) is 0 Å². The van der Waals surface area contributed by atoms with Crippen molar-refractivity contribution in [3.05, 3.63) is 77.6 Å². The van der Waals surface area contributed by atoms with Crippen LogP contribution >= 0.6 is 11.6 Å². The van der Waals surface area contributed by atoms with Crippen molar-refractivity contribution in [2.75, 3.05) is 13.7 Å². The van der Waals surface area contributed by atoms with E-state index in [9.17, 15) is 4.79 Å². The molecule has 2 aromatic carbocycles. The number of ether oxygens (including phenoxy) is 2. The molecule has 4 aromatic rings. The van der Waals surface area contributed by atoms with Gasteiger partial charge in [-0.1, -0.05) is 35.9 Å². The van der Waals surface area contributed by atoms with E-state index in [4.69, 9.17) is 26.2 Å². The standard InChI is InChI=1S/C24H21ClN2O4/c1-30-22-13-19(25)5-6-21(22)17-4-2-3-16(11-17)8-10-31-20-12-18-7-9-27(15-23(28)29)24(18)26-14-20/h2-7,9,11-14H,8,10,15H2,1H3,(H,28,29). The van der Waals surface area contributed by atoms with Crippen molar-refractivity contribution < 1.29 is 19.4 Å². The van der Waals surface area contributed by atoms with Crippen LogP contribution in [0.2, 0.25) is 5.02 Å². The van der Waals surface area contributed by atoms with Gasteiger partial charge in [0.2, 0.25) is 0 Å². The van der Waals surface area contributed by atoms with Gasteiger partial charge in [0.15, 0.2) is 0 Å². The maximum absolute atomic E-state index is 10.9. The monoisotopic (exact) mass is 436 g/mol. The highest BCUT2D eigenvalue weighted by molar-refractivity contribution is 6.30. The summed E-state index contributed by atoms with van der Waals surface area (Å²) in [6, 6.07) is 17.5. The molecule has 6 nitrogen and oxygen atoms in total. The largest absolute Gasteiger partial charge is 0.496 e.